The standard InChI is InChI=1S/C13H22N2O4/c1-2-9-4-3-5-14(7-9)13(19)15-8-10(16)6-11(15)12(17)18/h9-11,16H,2-8H2,1H3,(H,17,18)/t9?,10-,11-/m1/s1. The van der Waals surface area contributed by atoms with Crippen molar-refractivity contribution in [2.45, 2.75) is 44.8 Å². The van der Waals surface area contributed by atoms with Crippen LogP contribution in [0.4, 0.5) is 4.79 Å². The first kappa shape index (κ1) is 14.1. The lowest BCUT2D eigenvalue weighted by Gasteiger charge is -2.36. The summed E-state index contributed by atoms with van der Waals surface area (Å²) in [4.78, 5) is 26.6. The number of piperidine rings is 1. The van der Waals surface area contributed by atoms with Crippen LogP contribution < -0.4 is 0 Å². The Bertz CT molecular complexity index is 361. The number of aliphatic hydroxyl groups is 1. The number of aliphatic hydroxyl groups excluding tert-OH is 1. The minimum Gasteiger partial charge on any atom is -0.480 e. The molecule has 6 nitrogen and oxygen atoms in total. The molecule has 0 spiro atoms. The van der Waals surface area contributed by atoms with Crippen LogP contribution in [0.2, 0.25) is 0 Å². The number of carbonyl (C=O) groups excluding carboxylic acids is 1. The van der Waals surface area contributed by atoms with Gasteiger partial charge in [-0.25, -0.2) is 9.59 Å². The summed E-state index contributed by atoms with van der Waals surface area (Å²) in [6.45, 7) is 3.63. The summed E-state index contributed by atoms with van der Waals surface area (Å²) >= 11 is 0. The molecule has 2 N–H and O–H groups in total. The number of β-amino-alcohol motifs (C(OH)–C–C–N with tert-alkyl or cyclic N) is 1. The molecule has 0 bridgehead atoms. The number of carboxylic acids is 1. The van der Waals surface area contributed by atoms with Crippen molar-refractivity contribution in [3.63, 3.8) is 0 Å². The number of hydrogen-bond acceptors (Lipinski definition) is 3. The van der Waals surface area contributed by atoms with E-state index in [1.54, 1.807) is 4.90 Å². The maximum Gasteiger partial charge on any atom is 0.326 e. The van der Waals surface area contributed by atoms with Gasteiger partial charge < -0.3 is 20.0 Å². The van der Waals surface area contributed by atoms with Gasteiger partial charge in [-0.05, 0) is 18.8 Å². The fourth-order valence-electron chi connectivity index (χ4n) is 3.01. The minimum atomic E-state index is -1.03. The molecule has 2 fully saturated rings. The Hall–Kier alpha value is -1.30. The lowest BCUT2D eigenvalue weighted by atomic mass is 9.96. The second-order valence-corrected chi connectivity index (χ2v) is 5.54. The van der Waals surface area contributed by atoms with Crippen molar-refractivity contribution in [1.82, 2.24) is 9.80 Å². The molecule has 2 aliphatic rings. The van der Waals surface area contributed by atoms with Crippen LogP contribution in [0, 0.1) is 5.92 Å². The smallest absolute Gasteiger partial charge is 0.326 e. The van der Waals surface area contributed by atoms with Crippen LogP contribution in [0.25, 0.3) is 0 Å². The highest BCUT2D eigenvalue weighted by atomic mass is 16.4. The number of hydrogen-bond donors (Lipinski definition) is 2. The summed E-state index contributed by atoms with van der Waals surface area (Å²) in [6, 6.07) is -1.12. The van der Waals surface area contributed by atoms with E-state index in [0.717, 1.165) is 19.3 Å². The molecule has 0 aliphatic carbocycles. The van der Waals surface area contributed by atoms with Crippen molar-refractivity contribution in [3.8, 4) is 0 Å². The maximum atomic E-state index is 12.4. The van der Waals surface area contributed by atoms with Crippen molar-refractivity contribution in [2.75, 3.05) is 19.6 Å². The van der Waals surface area contributed by atoms with Crippen molar-refractivity contribution in [1.29, 1.82) is 0 Å². The topological polar surface area (TPSA) is 81.1 Å². The van der Waals surface area contributed by atoms with Gasteiger partial charge in [0.05, 0.1) is 6.10 Å². The highest BCUT2D eigenvalue weighted by Gasteiger charge is 2.41. The first-order valence-corrected chi connectivity index (χ1v) is 6.99. The highest BCUT2D eigenvalue weighted by Crippen LogP contribution is 2.24. The zero-order valence-corrected chi connectivity index (χ0v) is 11.3. The monoisotopic (exact) mass is 270 g/mol. The van der Waals surface area contributed by atoms with E-state index in [1.807, 2.05) is 0 Å². The molecule has 2 rings (SSSR count). The number of urea groups is 1. The summed E-state index contributed by atoms with van der Waals surface area (Å²) in [5.41, 5.74) is 0. The summed E-state index contributed by atoms with van der Waals surface area (Å²) in [7, 11) is 0. The number of rotatable bonds is 2. The Morgan fingerprint density at radius 1 is 1.32 bits per heavy atom. The summed E-state index contributed by atoms with van der Waals surface area (Å²) in [5.74, 6) is -0.526. The Morgan fingerprint density at radius 3 is 2.68 bits per heavy atom. The SMILES string of the molecule is CCC1CCCN(C(=O)N2C[C@H](O)C[C@@H]2C(=O)O)C1. The van der Waals surface area contributed by atoms with Gasteiger partial charge in [0.1, 0.15) is 6.04 Å². The van der Waals surface area contributed by atoms with Crippen LogP contribution in [-0.2, 0) is 4.79 Å². The number of carbonyl (C=O) groups is 2. The highest BCUT2D eigenvalue weighted by molar-refractivity contribution is 5.83. The number of carboxylic acid groups (broad SMARTS) is 1. The van der Waals surface area contributed by atoms with Gasteiger partial charge >= 0.3 is 12.0 Å². The molecule has 0 radical (unpaired) electrons. The molecule has 19 heavy (non-hydrogen) atoms. The van der Waals surface area contributed by atoms with Crippen LogP contribution in [0.1, 0.15) is 32.6 Å². The van der Waals surface area contributed by atoms with E-state index in [1.165, 1.54) is 4.90 Å². The Morgan fingerprint density at radius 2 is 2.05 bits per heavy atom. The molecule has 0 saturated carbocycles. The van der Waals surface area contributed by atoms with Crippen LogP contribution >= 0.6 is 0 Å². The van der Waals surface area contributed by atoms with Gasteiger partial charge in [0, 0.05) is 26.1 Å². The largest absolute Gasteiger partial charge is 0.480 e. The number of amides is 2. The normalized spacial score (nSPS) is 31.6. The second-order valence-electron chi connectivity index (χ2n) is 5.54. The first-order valence-electron chi connectivity index (χ1n) is 6.99. The molecule has 3 atom stereocenters. The molecule has 1 unspecified atom stereocenters. The molecule has 108 valence electrons. The van der Waals surface area contributed by atoms with Gasteiger partial charge in [0.15, 0.2) is 0 Å². The lowest BCUT2D eigenvalue weighted by molar-refractivity contribution is -0.141. The van der Waals surface area contributed by atoms with Gasteiger partial charge in [-0.15, -0.1) is 0 Å². The van der Waals surface area contributed by atoms with Gasteiger partial charge in [0.25, 0.3) is 0 Å². The predicted octanol–water partition coefficient (Wildman–Crippen LogP) is 0.748. The average Bonchev–Trinajstić information content (AvgIpc) is 2.80. The summed E-state index contributed by atoms with van der Waals surface area (Å²) < 4.78 is 0. The summed E-state index contributed by atoms with van der Waals surface area (Å²) in [6.07, 6.45) is 2.54. The van der Waals surface area contributed by atoms with Crippen molar-refractivity contribution in [2.24, 2.45) is 5.92 Å². The van der Waals surface area contributed by atoms with Crippen molar-refractivity contribution < 1.29 is 19.8 Å². The van der Waals surface area contributed by atoms with E-state index in [2.05, 4.69) is 6.92 Å². The molecular formula is C13H22N2O4. The molecule has 2 aliphatic heterocycles. The molecular weight excluding hydrogens is 248 g/mol. The Balaban J connectivity index is 2.03. The molecule has 0 aromatic carbocycles. The molecule has 0 aromatic rings. The number of nitrogens with zero attached hydrogens (tertiary/aromatic N) is 2. The molecule has 2 saturated heterocycles. The van der Waals surface area contributed by atoms with E-state index in [4.69, 9.17) is 5.11 Å². The third-order valence-corrected chi connectivity index (χ3v) is 4.18. The Labute approximate surface area is 113 Å². The van der Waals surface area contributed by atoms with Gasteiger partial charge in [-0.2, -0.15) is 0 Å². The minimum absolute atomic E-state index is 0.128. The molecule has 2 heterocycles. The van der Waals surface area contributed by atoms with E-state index in [-0.39, 0.29) is 19.0 Å². The predicted molar refractivity (Wildman–Crippen MR) is 68.7 cm³/mol. The number of likely N-dealkylation sites (tertiary alicyclic amines) is 2. The zero-order chi connectivity index (χ0) is 14.0. The molecule has 6 heteroatoms. The quantitative estimate of drug-likeness (QED) is 0.776. The third-order valence-electron chi connectivity index (χ3n) is 4.18. The van der Waals surface area contributed by atoms with Gasteiger partial charge in [-0.1, -0.05) is 13.3 Å². The number of aliphatic carboxylic acids is 1. The van der Waals surface area contributed by atoms with E-state index in [9.17, 15) is 14.7 Å². The fourth-order valence-corrected chi connectivity index (χ4v) is 3.01. The average molecular weight is 270 g/mol. The van der Waals surface area contributed by atoms with Crippen LogP contribution in [0.3, 0.4) is 0 Å². The van der Waals surface area contributed by atoms with Crippen molar-refractivity contribution in [3.05, 3.63) is 0 Å². The first-order chi connectivity index (χ1) is 9.02. The van der Waals surface area contributed by atoms with Crippen LogP contribution in [0.15, 0.2) is 0 Å². The Kier molecular flexibility index (Phi) is 4.29. The fraction of sp³-hybridized carbons (Fsp3) is 0.846. The van der Waals surface area contributed by atoms with E-state index >= 15 is 0 Å². The van der Waals surface area contributed by atoms with E-state index < -0.39 is 18.1 Å². The van der Waals surface area contributed by atoms with E-state index in [0.29, 0.717) is 19.0 Å². The van der Waals surface area contributed by atoms with Gasteiger partial charge in [-0.3, -0.25) is 0 Å². The summed E-state index contributed by atoms with van der Waals surface area (Å²) in [5, 5.41) is 18.7. The molecule has 0 aromatic heterocycles. The second kappa shape index (κ2) is 5.77. The molecule has 2 amide bonds. The van der Waals surface area contributed by atoms with Gasteiger partial charge in [0.2, 0.25) is 0 Å². The maximum absolute atomic E-state index is 12.4. The zero-order valence-electron chi connectivity index (χ0n) is 11.3. The lowest BCUT2D eigenvalue weighted by Crippen LogP contribution is -2.51. The third kappa shape index (κ3) is 3.00. The van der Waals surface area contributed by atoms with Crippen LogP contribution in [-0.4, -0.2) is 63.8 Å². The van der Waals surface area contributed by atoms with Crippen molar-refractivity contribution >= 4 is 12.0 Å². The van der Waals surface area contributed by atoms with Crippen LogP contribution in [0.5, 0.6) is 0 Å².